The number of fused-ring (bicyclic) bond motifs is 1. The van der Waals surface area contributed by atoms with Crippen molar-refractivity contribution in [1.82, 2.24) is 15.1 Å². The molecule has 3 aromatic rings. The molecule has 6 nitrogen and oxygen atoms in total. The van der Waals surface area contributed by atoms with E-state index in [1.54, 1.807) is 23.9 Å². The van der Waals surface area contributed by atoms with Crippen molar-refractivity contribution in [2.24, 2.45) is 0 Å². The van der Waals surface area contributed by atoms with E-state index in [9.17, 15) is 9.18 Å². The molecule has 29 heavy (non-hydrogen) atoms. The van der Waals surface area contributed by atoms with E-state index in [2.05, 4.69) is 10.4 Å². The maximum atomic E-state index is 13.2. The van der Waals surface area contributed by atoms with E-state index in [4.69, 9.17) is 9.47 Å². The average molecular weight is 395 g/mol. The van der Waals surface area contributed by atoms with Gasteiger partial charge < -0.3 is 14.8 Å². The summed E-state index contributed by atoms with van der Waals surface area (Å²) in [6, 6.07) is 13.4. The molecule has 0 radical (unpaired) electrons. The summed E-state index contributed by atoms with van der Waals surface area (Å²) in [7, 11) is 1.61. The van der Waals surface area contributed by atoms with Crippen molar-refractivity contribution in [3.05, 3.63) is 71.3 Å². The van der Waals surface area contributed by atoms with Crippen molar-refractivity contribution in [3.8, 4) is 17.2 Å². The summed E-state index contributed by atoms with van der Waals surface area (Å²) in [6.45, 7) is 0.710. The van der Waals surface area contributed by atoms with Crippen molar-refractivity contribution >= 4 is 5.91 Å². The second-order valence-electron chi connectivity index (χ2n) is 6.80. The van der Waals surface area contributed by atoms with Gasteiger partial charge in [0.2, 0.25) is 0 Å². The zero-order valence-electron chi connectivity index (χ0n) is 16.2. The summed E-state index contributed by atoms with van der Waals surface area (Å²) in [6.07, 6.45) is 2.66. The number of methoxy groups -OCH3 is 1. The van der Waals surface area contributed by atoms with Crippen LogP contribution in [0.2, 0.25) is 0 Å². The Bertz CT molecular complexity index is 997. The van der Waals surface area contributed by atoms with Crippen LogP contribution in [0.3, 0.4) is 0 Å². The highest BCUT2D eigenvalue weighted by molar-refractivity contribution is 5.94. The van der Waals surface area contributed by atoms with Crippen molar-refractivity contribution in [1.29, 1.82) is 0 Å². The lowest BCUT2D eigenvalue weighted by atomic mass is 10.2. The van der Waals surface area contributed by atoms with Crippen LogP contribution >= 0.6 is 0 Å². The smallest absolute Gasteiger partial charge is 0.272 e. The lowest BCUT2D eigenvalue weighted by molar-refractivity contribution is 0.0940. The molecule has 2 aromatic carbocycles. The second kappa shape index (κ2) is 8.34. The van der Waals surface area contributed by atoms with Crippen LogP contribution in [-0.2, 0) is 12.8 Å². The Morgan fingerprint density at radius 3 is 2.55 bits per heavy atom. The highest BCUT2D eigenvalue weighted by Crippen LogP contribution is 2.28. The number of hydrogen-bond acceptors (Lipinski definition) is 4. The molecule has 0 saturated carbocycles. The van der Waals surface area contributed by atoms with E-state index in [1.165, 1.54) is 12.1 Å². The Hall–Kier alpha value is -3.35. The highest BCUT2D eigenvalue weighted by Gasteiger charge is 2.26. The molecule has 0 saturated heterocycles. The summed E-state index contributed by atoms with van der Waals surface area (Å²) >= 11 is 0. The lowest BCUT2D eigenvalue weighted by Gasteiger charge is -2.08. The Morgan fingerprint density at radius 2 is 1.83 bits per heavy atom. The molecule has 0 bridgehead atoms. The van der Waals surface area contributed by atoms with Gasteiger partial charge in [-0.1, -0.05) is 0 Å². The van der Waals surface area contributed by atoms with Gasteiger partial charge in [0.05, 0.1) is 19.3 Å². The third-order valence-electron chi connectivity index (χ3n) is 4.93. The van der Waals surface area contributed by atoms with E-state index >= 15 is 0 Å². The first-order chi connectivity index (χ1) is 14.2. The zero-order valence-corrected chi connectivity index (χ0v) is 16.2. The van der Waals surface area contributed by atoms with Crippen molar-refractivity contribution in [2.45, 2.75) is 19.3 Å². The Morgan fingerprint density at radius 1 is 1.10 bits per heavy atom. The van der Waals surface area contributed by atoms with Gasteiger partial charge in [0, 0.05) is 11.3 Å². The molecule has 0 fully saturated rings. The fourth-order valence-electron chi connectivity index (χ4n) is 3.50. The molecular formula is C22H22FN3O3. The first-order valence-corrected chi connectivity index (χ1v) is 9.57. The number of hydrogen-bond donors (Lipinski definition) is 1. The molecule has 0 spiro atoms. The monoisotopic (exact) mass is 395 g/mol. The van der Waals surface area contributed by atoms with Gasteiger partial charge in [0.1, 0.15) is 23.9 Å². The number of aromatic nitrogens is 2. The fraction of sp³-hybridized carbons (Fsp3) is 0.273. The van der Waals surface area contributed by atoms with Gasteiger partial charge in [-0.05, 0) is 67.8 Å². The average Bonchev–Trinajstić information content (AvgIpc) is 3.35. The minimum Gasteiger partial charge on any atom is -0.497 e. The highest BCUT2D eigenvalue weighted by atomic mass is 19.1. The molecule has 1 N–H and O–H groups in total. The predicted molar refractivity (Wildman–Crippen MR) is 106 cm³/mol. The number of nitrogens with zero attached hydrogens (tertiary/aromatic N) is 2. The maximum Gasteiger partial charge on any atom is 0.272 e. The first-order valence-electron chi connectivity index (χ1n) is 9.57. The molecular weight excluding hydrogens is 373 g/mol. The van der Waals surface area contributed by atoms with Crippen LogP contribution in [-0.4, -0.2) is 35.9 Å². The molecule has 150 valence electrons. The summed E-state index contributed by atoms with van der Waals surface area (Å²) in [5, 5.41) is 7.39. The van der Waals surface area contributed by atoms with Crippen molar-refractivity contribution < 1.29 is 18.7 Å². The van der Waals surface area contributed by atoms with Crippen LogP contribution in [0.25, 0.3) is 5.69 Å². The minimum atomic E-state index is -0.299. The van der Waals surface area contributed by atoms with E-state index in [-0.39, 0.29) is 11.7 Å². The topological polar surface area (TPSA) is 65.4 Å². The summed E-state index contributed by atoms with van der Waals surface area (Å²) in [5.74, 6) is 0.951. The first kappa shape index (κ1) is 19.0. The van der Waals surface area contributed by atoms with E-state index < -0.39 is 0 Å². The maximum absolute atomic E-state index is 13.2. The number of carbonyl (C=O) groups is 1. The predicted octanol–water partition coefficient (Wildman–Crippen LogP) is 3.32. The van der Waals surface area contributed by atoms with Crippen LogP contribution in [0.15, 0.2) is 48.5 Å². The number of halogens is 1. The third-order valence-corrected chi connectivity index (χ3v) is 4.93. The van der Waals surface area contributed by atoms with Gasteiger partial charge in [0.25, 0.3) is 5.91 Å². The second-order valence-corrected chi connectivity index (χ2v) is 6.80. The third kappa shape index (κ3) is 4.08. The molecule has 0 atom stereocenters. The standard InChI is InChI=1S/C22H22FN3O3/c1-28-17-9-11-18(12-10-17)29-14-13-24-22(27)21-19-3-2-4-20(19)26(25-21)16-7-5-15(23)6-8-16/h5-12H,2-4,13-14H2,1H3,(H,24,27). The quantitative estimate of drug-likeness (QED) is 0.624. The number of rotatable bonds is 7. The van der Waals surface area contributed by atoms with Crippen LogP contribution in [0.5, 0.6) is 11.5 Å². The fourth-order valence-corrected chi connectivity index (χ4v) is 3.50. The Kier molecular flexibility index (Phi) is 5.46. The van der Waals surface area contributed by atoms with Gasteiger partial charge >= 0.3 is 0 Å². The normalized spacial score (nSPS) is 12.5. The largest absolute Gasteiger partial charge is 0.497 e. The van der Waals surface area contributed by atoms with E-state index in [0.29, 0.717) is 24.6 Å². The van der Waals surface area contributed by atoms with E-state index in [0.717, 1.165) is 42.0 Å². The molecule has 1 aliphatic rings. The summed E-state index contributed by atoms with van der Waals surface area (Å²) < 4.78 is 25.7. The molecule has 1 aliphatic carbocycles. The molecule has 1 heterocycles. The zero-order chi connectivity index (χ0) is 20.2. The van der Waals surface area contributed by atoms with Crippen molar-refractivity contribution in [2.75, 3.05) is 20.3 Å². The molecule has 4 rings (SSSR count). The van der Waals surface area contributed by atoms with Crippen molar-refractivity contribution in [3.63, 3.8) is 0 Å². The summed E-state index contributed by atoms with van der Waals surface area (Å²) in [5.41, 5.74) is 3.19. The molecule has 0 aliphatic heterocycles. The Balaban J connectivity index is 1.39. The minimum absolute atomic E-state index is 0.220. The SMILES string of the molecule is COc1ccc(OCCNC(=O)c2nn(-c3ccc(F)cc3)c3c2CCC3)cc1. The number of nitrogens with one attached hydrogen (secondary N) is 1. The molecule has 7 heteroatoms. The van der Waals surface area contributed by atoms with Crippen LogP contribution in [0.4, 0.5) is 4.39 Å². The van der Waals surface area contributed by atoms with Gasteiger partial charge in [-0.25, -0.2) is 9.07 Å². The molecule has 1 amide bonds. The lowest BCUT2D eigenvalue weighted by Crippen LogP contribution is -2.29. The Labute approximate surface area is 168 Å². The van der Waals surface area contributed by atoms with Gasteiger partial charge in [-0.15, -0.1) is 0 Å². The van der Waals surface area contributed by atoms with E-state index in [1.807, 2.05) is 24.3 Å². The van der Waals surface area contributed by atoms with Crippen LogP contribution in [0.1, 0.15) is 28.2 Å². The molecule has 0 unspecified atom stereocenters. The van der Waals surface area contributed by atoms with Gasteiger partial charge in [-0.2, -0.15) is 5.10 Å². The number of carbonyl (C=O) groups excluding carboxylic acids is 1. The summed E-state index contributed by atoms with van der Waals surface area (Å²) in [4.78, 5) is 12.7. The van der Waals surface area contributed by atoms with Gasteiger partial charge in [-0.3, -0.25) is 4.79 Å². The van der Waals surface area contributed by atoms with Crippen LogP contribution in [0, 0.1) is 5.82 Å². The van der Waals surface area contributed by atoms with Crippen LogP contribution < -0.4 is 14.8 Å². The number of ether oxygens (including phenoxy) is 2. The van der Waals surface area contributed by atoms with Gasteiger partial charge in [0.15, 0.2) is 5.69 Å². The number of benzene rings is 2. The molecule has 1 aromatic heterocycles. The number of amides is 1.